The van der Waals surface area contributed by atoms with E-state index in [4.69, 9.17) is 21.1 Å². The first-order valence-electron chi connectivity index (χ1n) is 6.92. The highest BCUT2D eigenvalue weighted by Gasteiger charge is 2.10. The summed E-state index contributed by atoms with van der Waals surface area (Å²) in [7, 11) is 1.61. The predicted octanol–water partition coefficient (Wildman–Crippen LogP) is 3.55. The van der Waals surface area contributed by atoms with Crippen LogP contribution in [0.5, 0.6) is 11.5 Å². The molecule has 0 spiro atoms. The Morgan fingerprint density at radius 3 is 2.50 bits per heavy atom. The number of carbonyl (C=O) groups excluding carboxylic acids is 1. The molecule has 0 aliphatic carbocycles. The van der Waals surface area contributed by atoms with E-state index in [9.17, 15) is 4.79 Å². The predicted molar refractivity (Wildman–Crippen MR) is 86.9 cm³/mol. The van der Waals surface area contributed by atoms with Crippen molar-refractivity contribution in [2.75, 3.05) is 13.7 Å². The molecule has 1 amide bonds. The number of amides is 1. The highest BCUT2D eigenvalue weighted by Crippen LogP contribution is 2.17. The Hall–Kier alpha value is -2.20. The first-order valence-corrected chi connectivity index (χ1v) is 7.29. The van der Waals surface area contributed by atoms with Crippen molar-refractivity contribution in [3.8, 4) is 11.5 Å². The zero-order chi connectivity index (χ0) is 15.9. The van der Waals surface area contributed by atoms with Gasteiger partial charge in [-0.05, 0) is 49.4 Å². The standard InChI is InChI=1S/C17H18ClNO3/c1-12(11-22-16-8-6-15(21-2)7-9-16)19-17(20)13-4-3-5-14(18)10-13/h3-10,12H,11H2,1-2H3,(H,19,20). The van der Waals surface area contributed by atoms with Crippen molar-refractivity contribution < 1.29 is 14.3 Å². The molecule has 1 atom stereocenters. The van der Waals surface area contributed by atoms with Crippen LogP contribution in [-0.2, 0) is 0 Å². The summed E-state index contributed by atoms with van der Waals surface area (Å²) in [6.07, 6.45) is 0. The molecule has 2 aromatic rings. The lowest BCUT2D eigenvalue weighted by molar-refractivity contribution is 0.0926. The lowest BCUT2D eigenvalue weighted by Crippen LogP contribution is -2.36. The van der Waals surface area contributed by atoms with Crippen LogP contribution in [0, 0.1) is 0 Å². The molecule has 0 saturated heterocycles. The van der Waals surface area contributed by atoms with Gasteiger partial charge in [0, 0.05) is 10.6 Å². The third kappa shape index (κ3) is 4.67. The number of benzene rings is 2. The van der Waals surface area contributed by atoms with Gasteiger partial charge in [0.15, 0.2) is 0 Å². The van der Waals surface area contributed by atoms with Gasteiger partial charge in [0.2, 0.25) is 0 Å². The summed E-state index contributed by atoms with van der Waals surface area (Å²) in [6, 6.07) is 14.0. The van der Waals surface area contributed by atoms with Crippen LogP contribution < -0.4 is 14.8 Å². The Balaban J connectivity index is 1.84. The van der Waals surface area contributed by atoms with Gasteiger partial charge in [-0.25, -0.2) is 0 Å². The first-order chi connectivity index (χ1) is 10.6. The first kappa shape index (κ1) is 16.2. The Morgan fingerprint density at radius 2 is 1.86 bits per heavy atom. The molecule has 0 saturated carbocycles. The van der Waals surface area contributed by atoms with Crippen molar-refractivity contribution in [2.45, 2.75) is 13.0 Å². The average molecular weight is 320 g/mol. The van der Waals surface area contributed by atoms with Gasteiger partial charge in [0.25, 0.3) is 5.91 Å². The Kier molecular flexibility index (Phi) is 5.67. The summed E-state index contributed by atoms with van der Waals surface area (Å²) in [5.74, 6) is 1.33. The van der Waals surface area contributed by atoms with Crippen LogP contribution in [0.2, 0.25) is 5.02 Å². The lowest BCUT2D eigenvalue weighted by atomic mass is 10.2. The maximum Gasteiger partial charge on any atom is 0.251 e. The lowest BCUT2D eigenvalue weighted by Gasteiger charge is -2.15. The van der Waals surface area contributed by atoms with Gasteiger partial charge in [-0.15, -0.1) is 0 Å². The number of nitrogens with one attached hydrogen (secondary N) is 1. The van der Waals surface area contributed by atoms with Gasteiger partial charge in [-0.2, -0.15) is 0 Å². The topological polar surface area (TPSA) is 47.6 Å². The van der Waals surface area contributed by atoms with Gasteiger partial charge in [0.1, 0.15) is 18.1 Å². The second-order valence-corrected chi connectivity index (χ2v) is 5.31. The average Bonchev–Trinajstić information content (AvgIpc) is 2.53. The Bertz CT molecular complexity index is 628. The smallest absolute Gasteiger partial charge is 0.251 e. The monoisotopic (exact) mass is 319 g/mol. The van der Waals surface area contributed by atoms with E-state index < -0.39 is 0 Å². The van der Waals surface area contributed by atoms with Gasteiger partial charge in [0.05, 0.1) is 13.2 Å². The van der Waals surface area contributed by atoms with Gasteiger partial charge in [-0.3, -0.25) is 4.79 Å². The van der Waals surface area contributed by atoms with Crippen LogP contribution in [0.3, 0.4) is 0 Å². The number of halogens is 1. The number of ether oxygens (including phenoxy) is 2. The van der Waals surface area contributed by atoms with E-state index in [2.05, 4.69) is 5.32 Å². The molecule has 0 aromatic heterocycles. The van der Waals surface area contributed by atoms with Crippen molar-refractivity contribution in [1.29, 1.82) is 0 Å². The van der Waals surface area contributed by atoms with Crippen molar-refractivity contribution in [3.05, 3.63) is 59.1 Å². The molecule has 0 heterocycles. The molecule has 2 aromatic carbocycles. The zero-order valence-corrected chi connectivity index (χ0v) is 13.3. The molecule has 0 fully saturated rings. The summed E-state index contributed by atoms with van der Waals surface area (Å²) < 4.78 is 10.7. The highest BCUT2D eigenvalue weighted by atomic mass is 35.5. The zero-order valence-electron chi connectivity index (χ0n) is 12.5. The second kappa shape index (κ2) is 7.71. The molecular weight excluding hydrogens is 302 g/mol. The maximum atomic E-state index is 12.1. The highest BCUT2D eigenvalue weighted by molar-refractivity contribution is 6.30. The molecule has 4 nitrogen and oxygen atoms in total. The van der Waals surface area contributed by atoms with Crippen molar-refractivity contribution in [3.63, 3.8) is 0 Å². The molecular formula is C17H18ClNO3. The molecule has 1 N–H and O–H groups in total. The minimum absolute atomic E-state index is 0.131. The van der Waals surface area contributed by atoms with Crippen LogP contribution in [-0.4, -0.2) is 25.7 Å². The minimum Gasteiger partial charge on any atom is -0.497 e. The number of hydrogen-bond acceptors (Lipinski definition) is 3. The largest absolute Gasteiger partial charge is 0.497 e. The normalized spacial score (nSPS) is 11.6. The SMILES string of the molecule is COc1ccc(OCC(C)NC(=O)c2cccc(Cl)c2)cc1. The van der Waals surface area contributed by atoms with Crippen LogP contribution in [0.25, 0.3) is 0 Å². The summed E-state index contributed by atoms with van der Waals surface area (Å²) in [4.78, 5) is 12.1. The van der Waals surface area contributed by atoms with E-state index in [-0.39, 0.29) is 11.9 Å². The molecule has 0 aliphatic heterocycles. The van der Waals surface area contributed by atoms with Crippen molar-refractivity contribution in [2.24, 2.45) is 0 Å². The molecule has 0 bridgehead atoms. The maximum absolute atomic E-state index is 12.1. The Morgan fingerprint density at radius 1 is 1.18 bits per heavy atom. The van der Waals surface area contributed by atoms with Gasteiger partial charge >= 0.3 is 0 Å². The van der Waals surface area contributed by atoms with Gasteiger partial charge in [-0.1, -0.05) is 17.7 Å². The van der Waals surface area contributed by atoms with Crippen molar-refractivity contribution in [1.82, 2.24) is 5.32 Å². The van der Waals surface area contributed by atoms with E-state index in [1.807, 2.05) is 31.2 Å². The molecule has 2 rings (SSSR count). The van der Waals surface area contributed by atoms with Crippen LogP contribution in [0.15, 0.2) is 48.5 Å². The fraction of sp³-hybridized carbons (Fsp3) is 0.235. The van der Waals surface area contributed by atoms with Crippen LogP contribution >= 0.6 is 11.6 Å². The van der Waals surface area contributed by atoms with E-state index in [0.717, 1.165) is 11.5 Å². The number of hydrogen-bond donors (Lipinski definition) is 1. The molecule has 0 radical (unpaired) electrons. The van der Waals surface area contributed by atoms with E-state index in [0.29, 0.717) is 17.2 Å². The molecule has 5 heteroatoms. The van der Waals surface area contributed by atoms with Crippen molar-refractivity contribution >= 4 is 17.5 Å². The van der Waals surface area contributed by atoms with E-state index in [1.165, 1.54) is 0 Å². The number of carbonyl (C=O) groups is 1. The molecule has 1 unspecified atom stereocenters. The molecule has 116 valence electrons. The minimum atomic E-state index is -0.173. The van der Waals surface area contributed by atoms with Gasteiger partial charge < -0.3 is 14.8 Å². The molecule has 0 aliphatic rings. The summed E-state index contributed by atoms with van der Waals surface area (Å²) in [5, 5.41) is 3.41. The summed E-state index contributed by atoms with van der Waals surface area (Å²) in [6.45, 7) is 2.25. The number of methoxy groups -OCH3 is 1. The summed E-state index contributed by atoms with van der Waals surface area (Å²) >= 11 is 5.88. The third-order valence-electron chi connectivity index (χ3n) is 3.02. The fourth-order valence-corrected chi connectivity index (χ4v) is 2.06. The second-order valence-electron chi connectivity index (χ2n) is 4.87. The van der Waals surface area contributed by atoms with E-state index in [1.54, 1.807) is 31.4 Å². The van der Waals surface area contributed by atoms with E-state index >= 15 is 0 Å². The van der Waals surface area contributed by atoms with Crippen LogP contribution in [0.1, 0.15) is 17.3 Å². The quantitative estimate of drug-likeness (QED) is 0.885. The summed E-state index contributed by atoms with van der Waals surface area (Å²) in [5.41, 5.74) is 0.531. The number of rotatable bonds is 6. The third-order valence-corrected chi connectivity index (χ3v) is 3.26. The van der Waals surface area contributed by atoms with Crippen LogP contribution in [0.4, 0.5) is 0 Å². The Labute approximate surface area is 135 Å². The fourth-order valence-electron chi connectivity index (χ4n) is 1.87. The molecule has 22 heavy (non-hydrogen) atoms.